The predicted octanol–water partition coefficient (Wildman–Crippen LogP) is 3.22. The normalized spacial score (nSPS) is 10.1. The van der Waals surface area contributed by atoms with E-state index in [2.05, 4.69) is 10.3 Å². The lowest BCUT2D eigenvalue weighted by atomic mass is 10.1. The van der Waals surface area contributed by atoms with E-state index in [0.717, 1.165) is 16.8 Å². The Kier molecular flexibility index (Phi) is 3.95. The third kappa shape index (κ3) is 3.08. The number of amides is 1. The summed E-state index contributed by atoms with van der Waals surface area (Å²) in [7, 11) is 0. The summed E-state index contributed by atoms with van der Waals surface area (Å²) in [5.41, 5.74) is 2.50. The fourth-order valence-electron chi connectivity index (χ4n) is 1.63. The highest BCUT2D eigenvalue weighted by molar-refractivity contribution is 6.31. The number of anilines is 1. The van der Waals surface area contributed by atoms with Gasteiger partial charge in [-0.1, -0.05) is 23.7 Å². The quantitative estimate of drug-likeness (QED) is 0.921. The van der Waals surface area contributed by atoms with Gasteiger partial charge in [0.05, 0.1) is 6.42 Å². The van der Waals surface area contributed by atoms with Crippen molar-refractivity contribution in [1.29, 1.82) is 0 Å². The van der Waals surface area contributed by atoms with E-state index in [1.54, 1.807) is 18.5 Å². The van der Waals surface area contributed by atoms with E-state index in [-0.39, 0.29) is 5.91 Å². The molecule has 1 heterocycles. The van der Waals surface area contributed by atoms with Crippen molar-refractivity contribution in [1.82, 2.24) is 4.98 Å². The minimum absolute atomic E-state index is 0.0756. The molecule has 0 atom stereocenters. The average Bonchev–Trinajstić information content (AvgIpc) is 2.36. The Bertz CT molecular complexity index is 555. The Hall–Kier alpha value is -1.87. The van der Waals surface area contributed by atoms with Gasteiger partial charge in [-0.2, -0.15) is 0 Å². The summed E-state index contributed by atoms with van der Waals surface area (Å²) >= 11 is 6.00. The lowest BCUT2D eigenvalue weighted by Crippen LogP contribution is -2.15. The van der Waals surface area contributed by atoms with Crippen LogP contribution in [0.25, 0.3) is 0 Å². The number of halogens is 1. The lowest BCUT2D eigenvalue weighted by Gasteiger charge is -2.09. The van der Waals surface area contributed by atoms with Crippen LogP contribution in [0.4, 0.5) is 5.69 Å². The van der Waals surface area contributed by atoms with E-state index in [4.69, 9.17) is 11.6 Å². The molecule has 18 heavy (non-hydrogen) atoms. The Morgan fingerprint density at radius 3 is 2.89 bits per heavy atom. The molecule has 0 saturated heterocycles. The van der Waals surface area contributed by atoms with Gasteiger partial charge in [0.25, 0.3) is 0 Å². The molecule has 0 radical (unpaired) electrons. The molecule has 0 aliphatic heterocycles. The molecule has 3 nitrogen and oxygen atoms in total. The van der Waals surface area contributed by atoms with Gasteiger partial charge in [-0.25, -0.2) is 0 Å². The molecule has 0 bridgehead atoms. The Morgan fingerprint density at radius 2 is 2.17 bits per heavy atom. The van der Waals surface area contributed by atoms with Crippen LogP contribution in [0.3, 0.4) is 0 Å². The number of nitrogens with zero attached hydrogens (tertiary/aromatic N) is 1. The molecule has 0 aliphatic rings. The van der Waals surface area contributed by atoms with E-state index >= 15 is 0 Å². The van der Waals surface area contributed by atoms with Crippen LogP contribution in [0, 0.1) is 6.92 Å². The molecule has 2 rings (SSSR count). The fourth-order valence-corrected chi connectivity index (χ4v) is 1.80. The minimum atomic E-state index is -0.0756. The Balaban J connectivity index is 2.06. The summed E-state index contributed by atoms with van der Waals surface area (Å²) in [6.07, 6.45) is 3.67. The highest BCUT2D eigenvalue weighted by Crippen LogP contribution is 2.22. The zero-order chi connectivity index (χ0) is 13.0. The summed E-state index contributed by atoms with van der Waals surface area (Å²) in [6.45, 7) is 1.88. The molecule has 2 aromatic rings. The van der Waals surface area contributed by atoms with E-state index in [1.165, 1.54) is 0 Å². The van der Waals surface area contributed by atoms with Crippen LogP contribution >= 0.6 is 11.6 Å². The summed E-state index contributed by atoms with van der Waals surface area (Å²) in [5.74, 6) is -0.0756. The highest BCUT2D eigenvalue weighted by atomic mass is 35.5. The molecular weight excluding hydrogens is 248 g/mol. The van der Waals surface area contributed by atoms with Crippen molar-refractivity contribution in [2.45, 2.75) is 13.3 Å². The Labute approximate surface area is 111 Å². The second-order valence-corrected chi connectivity index (χ2v) is 4.41. The minimum Gasteiger partial charge on any atom is -0.326 e. The molecular formula is C14H13ClN2O. The highest BCUT2D eigenvalue weighted by Gasteiger charge is 2.07. The van der Waals surface area contributed by atoms with Gasteiger partial charge in [-0.3, -0.25) is 9.78 Å². The first kappa shape index (κ1) is 12.6. The maximum atomic E-state index is 11.9. The van der Waals surface area contributed by atoms with Crippen LogP contribution in [0.1, 0.15) is 11.1 Å². The second kappa shape index (κ2) is 5.65. The SMILES string of the molecule is Cc1c(Cl)cccc1NC(=O)Cc1cccnc1. The van der Waals surface area contributed by atoms with Crippen molar-refractivity contribution in [3.8, 4) is 0 Å². The summed E-state index contributed by atoms with van der Waals surface area (Å²) < 4.78 is 0. The van der Waals surface area contributed by atoms with Crippen molar-refractivity contribution in [3.05, 3.63) is 58.9 Å². The summed E-state index contributed by atoms with van der Waals surface area (Å²) in [6, 6.07) is 9.13. The zero-order valence-corrected chi connectivity index (χ0v) is 10.7. The van der Waals surface area contributed by atoms with Crippen LogP contribution in [0.5, 0.6) is 0 Å². The van der Waals surface area contributed by atoms with E-state index in [9.17, 15) is 4.79 Å². The van der Waals surface area contributed by atoms with Gasteiger partial charge in [0.15, 0.2) is 0 Å². The number of hydrogen-bond donors (Lipinski definition) is 1. The van der Waals surface area contributed by atoms with Gasteiger partial charge in [0.2, 0.25) is 5.91 Å². The Morgan fingerprint density at radius 1 is 1.33 bits per heavy atom. The van der Waals surface area contributed by atoms with E-state index in [1.807, 2.05) is 31.2 Å². The van der Waals surface area contributed by atoms with Crippen molar-refractivity contribution in [2.75, 3.05) is 5.32 Å². The van der Waals surface area contributed by atoms with Crippen LogP contribution in [0.15, 0.2) is 42.7 Å². The van der Waals surface area contributed by atoms with Gasteiger partial charge in [-0.05, 0) is 36.2 Å². The van der Waals surface area contributed by atoms with Gasteiger partial charge in [0, 0.05) is 23.1 Å². The number of carbonyl (C=O) groups excluding carboxylic acids is 1. The van der Waals surface area contributed by atoms with Crippen LogP contribution < -0.4 is 5.32 Å². The van der Waals surface area contributed by atoms with Crippen molar-refractivity contribution in [3.63, 3.8) is 0 Å². The number of rotatable bonds is 3. The monoisotopic (exact) mass is 260 g/mol. The third-order valence-electron chi connectivity index (χ3n) is 2.63. The molecule has 0 fully saturated rings. The third-order valence-corrected chi connectivity index (χ3v) is 3.04. The summed E-state index contributed by atoms with van der Waals surface area (Å²) in [5, 5.41) is 3.50. The lowest BCUT2D eigenvalue weighted by molar-refractivity contribution is -0.115. The molecule has 0 spiro atoms. The van der Waals surface area contributed by atoms with E-state index in [0.29, 0.717) is 11.4 Å². The standard InChI is InChI=1S/C14H13ClN2O/c1-10-12(15)5-2-6-13(10)17-14(18)8-11-4-3-7-16-9-11/h2-7,9H,8H2,1H3,(H,17,18). The average molecular weight is 261 g/mol. The van der Waals surface area contributed by atoms with Gasteiger partial charge >= 0.3 is 0 Å². The topological polar surface area (TPSA) is 42.0 Å². The summed E-state index contributed by atoms with van der Waals surface area (Å²) in [4.78, 5) is 15.8. The molecule has 1 aromatic carbocycles. The number of carbonyl (C=O) groups is 1. The molecule has 1 amide bonds. The number of benzene rings is 1. The number of aromatic nitrogens is 1. The molecule has 0 unspecified atom stereocenters. The van der Waals surface area contributed by atoms with Gasteiger partial charge in [0.1, 0.15) is 0 Å². The molecule has 1 N–H and O–H groups in total. The van der Waals surface area contributed by atoms with Gasteiger partial charge < -0.3 is 5.32 Å². The van der Waals surface area contributed by atoms with Crippen LogP contribution in [-0.4, -0.2) is 10.9 Å². The number of pyridine rings is 1. The van der Waals surface area contributed by atoms with Crippen molar-refractivity contribution in [2.24, 2.45) is 0 Å². The number of nitrogens with one attached hydrogen (secondary N) is 1. The maximum Gasteiger partial charge on any atom is 0.228 e. The van der Waals surface area contributed by atoms with Crippen LogP contribution in [-0.2, 0) is 11.2 Å². The smallest absolute Gasteiger partial charge is 0.228 e. The first-order valence-corrected chi connectivity index (χ1v) is 5.98. The molecule has 92 valence electrons. The first-order chi connectivity index (χ1) is 8.66. The van der Waals surface area contributed by atoms with Crippen molar-refractivity contribution < 1.29 is 4.79 Å². The van der Waals surface area contributed by atoms with Gasteiger partial charge in [-0.15, -0.1) is 0 Å². The molecule has 4 heteroatoms. The maximum absolute atomic E-state index is 11.9. The second-order valence-electron chi connectivity index (χ2n) is 4.00. The largest absolute Gasteiger partial charge is 0.326 e. The fraction of sp³-hybridized carbons (Fsp3) is 0.143. The van der Waals surface area contributed by atoms with Crippen LogP contribution in [0.2, 0.25) is 5.02 Å². The van der Waals surface area contributed by atoms with Crippen molar-refractivity contribution >= 4 is 23.2 Å². The number of hydrogen-bond acceptors (Lipinski definition) is 2. The first-order valence-electron chi connectivity index (χ1n) is 5.60. The molecule has 0 aliphatic carbocycles. The predicted molar refractivity (Wildman–Crippen MR) is 72.8 cm³/mol. The zero-order valence-electron chi connectivity index (χ0n) is 9.98. The van der Waals surface area contributed by atoms with E-state index < -0.39 is 0 Å². The molecule has 0 saturated carbocycles. The molecule has 1 aromatic heterocycles.